The summed E-state index contributed by atoms with van der Waals surface area (Å²) in [6.45, 7) is 1.65. The molecule has 0 amide bonds. The Kier molecular flexibility index (Phi) is 4.57. The molecule has 0 saturated carbocycles. The monoisotopic (exact) mass is 311 g/mol. The van der Waals surface area contributed by atoms with Gasteiger partial charge in [-0.15, -0.1) is 11.3 Å². The van der Waals surface area contributed by atoms with Gasteiger partial charge in [-0.05, 0) is 19.1 Å². The van der Waals surface area contributed by atoms with Crippen LogP contribution in [0.5, 0.6) is 0 Å². The maximum atomic E-state index is 12.0. The second kappa shape index (κ2) is 6.19. The van der Waals surface area contributed by atoms with Crippen molar-refractivity contribution in [3.63, 3.8) is 0 Å². The normalized spacial score (nSPS) is 11.1. The first-order valence-electron chi connectivity index (χ1n) is 5.71. The predicted molar refractivity (Wildman–Crippen MR) is 75.6 cm³/mol. The number of hydrogen-bond donors (Lipinski definition) is 3. The summed E-state index contributed by atoms with van der Waals surface area (Å²) in [5.74, 6) is 5.32. The number of aromatic nitrogens is 2. The zero-order chi connectivity index (χ0) is 14.6. The average Bonchev–Trinajstić information content (AvgIpc) is 3.03. The Balaban J connectivity index is 2.05. The maximum absolute atomic E-state index is 12.0. The molecule has 20 heavy (non-hydrogen) atoms. The van der Waals surface area contributed by atoms with Gasteiger partial charge in [-0.3, -0.25) is 5.10 Å². The van der Waals surface area contributed by atoms with Gasteiger partial charge in [0.15, 0.2) is 0 Å². The lowest BCUT2D eigenvalue weighted by atomic mass is 10.4. The standard InChI is InChI=1S/C12H13N3O3S2/c1-9-12(8-13-15-9)20(17,18)14-7-11-5-4-10(19-11)3-2-6-16/h4-5,8,14,16H,6-7H2,1H3,(H,13,15). The summed E-state index contributed by atoms with van der Waals surface area (Å²) in [4.78, 5) is 1.78. The molecular formula is C12H13N3O3S2. The summed E-state index contributed by atoms with van der Waals surface area (Å²) in [7, 11) is -3.57. The largest absolute Gasteiger partial charge is 0.384 e. The van der Waals surface area contributed by atoms with Gasteiger partial charge in [0, 0.05) is 11.4 Å². The van der Waals surface area contributed by atoms with E-state index >= 15 is 0 Å². The average molecular weight is 311 g/mol. The van der Waals surface area contributed by atoms with Crippen molar-refractivity contribution in [2.24, 2.45) is 0 Å². The van der Waals surface area contributed by atoms with E-state index in [1.165, 1.54) is 17.5 Å². The van der Waals surface area contributed by atoms with E-state index < -0.39 is 10.0 Å². The lowest BCUT2D eigenvalue weighted by Gasteiger charge is -2.03. The van der Waals surface area contributed by atoms with Crippen LogP contribution in [0, 0.1) is 18.8 Å². The van der Waals surface area contributed by atoms with E-state index in [1.54, 1.807) is 19.1 Å². The fraction of sp³-hybridized carbons (Fsp3) is 0.250. The van der Waals surface area contributed by atoms with Crippen LogP contribution in [0.1, 0.15) is 15.4 Å². The molecule has 2 rings (SSSR count). The van der Waals surface area contributed by atoms with E-state index in [2.05, 4.69) is 26.8 Å². The van der Waals surface area contributed by atoms with Crippen molar-refractivity contribution in [1.29, 1.82) is 0 Å². The quantitative estimate of drug-likeness (QED) is 0.721. The van der Waals surface area contributed by atoms with Gasteiger partial charge in [-0.25, -0.2) is 13.1 Å². The lowest BCUT2D eigenvalue weighted by Crippen LogP contribution is -2.23. The summed E-state index contributed by atoms with van der Waals surface area (Å²) >= 11 is 1.38. The number of aryl methyl sites for hydroxylation is 1. The van der Waals surface area contributed by atoms with Crippen molar-refractivity contribution in [1.82, 2.24) is 14.9 Å². The van der Waals surface area contributed by atoms with Crippen LogP contribution >= 0.6 is 11.3 Å². The zero-order valence-corrected chi connectivity index (χ0v) is 12.3. The van der Waals surface area contributed by atoms with Gasteiger partial charge in [-0.1, -0.05) is 11.8 Å². The number of H-pyrrole nitrogens is 1. The molecule has 0 bridgehead atoms. The number of hydrogen-bond acceptors (Lipinski definition) is 5. The molecule has 0 aromatic carbocycles. The van der Waals surface area contributed by atoms with Crippen LogP contribution < -0.4 is 4.72 Å². The van der Waals surface area contributed by atoms with Crippen LogP contribution in [0.3, 0.4) is 0 Å². The molecule has 2 aromatic heterocycles. The van der Waals surface area contributed by atoms with E-state index in [4.69, 9.17) is 5.11 Å². The minimum absolute atomic E-state index is 0.148. The van der Waals surface area contributed by atoms with Gasteiger partial charge in [0.25, 0.3) is 0 Å². The molecule has 2 heterocycles. The van der Waals surface area contributed by atoms with E-state index in [9.17, 15) is 8.42 Å². The van der Waals surface area contributed by atoms with E-state index in [0.717, 1.165) is 9.75 Å². The number of thiophene rings is 1. The molecule has 0 saturated heterocycles. The molecule has 106 valence electrons. The summed E-state index contributed by atoms with van der Waals surface area (Å²) in [6.07, 6.45) is 1.28. The highest BCUT2D eigenvalue weighted by atomic mass is 32.2. The number of sulfonamides is 1. The Labute approximate surface area is 120 Å². The Morgan fingerprint density at radius 3 is 2.95 bits per heavy atom. The highest BCUT2D eigenvalue weighted by molar-refractivity contribution is 7.89. The lowest BCUT2D eigenvalue weighted by molar-refractivity contribution is 0.350. The number of nitrogens with zero attached hydrogens (tertiary/aromatic N) is 1. The fourth-order valence-corrected chi connectivity index (χ4v) is 3.58. The van der Waals surface area contributed by atoms with Gasteiger partial charge in [0.2, 0.25) is 10.0 Å². The van der Waals surface area contributed by atoms with Gasteiger partial charge in [0.1, 0.15) is 11.5 Å². The summed E-state index contributed by atoms with van der Waals surface area (Å²) in [5.41, 5.74) is 0.498. The maximum Gasteiger partial charge on any atom is 0.244 e. The van der Waals surface area contributed by atoms with Crippen LogP contribution in [-0.2, 0) is 16.6 Å². The Bertz CT molecular complexity index is 750. The summed E-state index contributed by atoms with van der Waals surface area (Å²) in [5, 5.41) is 14.9. The molecule has 3 N–H and O–H groups in total. The third kappa shape index (κ3) is 3.46. The molecule has 0 aliphatic heterocycles. The molecule has 0 fully saturated rings. The van der Waals surface area contributed by atoms with Crippen LogP contribution in [0.2, 0.25) is 0 Å². The molecule has 0 aliphatic carbocycles. The SMILES string of the molecule is Cc1[nH]ncc1S(=O)(=O)NCc1ccc(C#CCO)s1. The van der Waals surface area contributed by atoms with Crippen molar-refractivity contribution in [3.05, 3.63) is 33.8 Å². The van der Waals surface area contributed by atoms with Crippen LogP contribution in [0.25, 0.3) is 0 Å². The topological polar surface area (TPSA) is 95.1 Å². The van der Waals surface area contributed by atoms with Crippen molar-refractivity contribution >= 4 is 21.4 Å². The molecule has 0 radical (unpaired) electrons. The van der Waals surface area contributed by atoms with Crippen molar-refractivity contribution in [3.8, 4) is 11.8 Å². The van der Waals surface area contributed by atoms with Gasteiger partial charge in [0.05, 0.1) is 16.8 Å². The number of nitrogens with one attached hydrogen (secondary N) is 2. The number of aliphatic hydroxyl groups is 1. The Morgan fingerprint density at radius 1 is 1.50 bits per heavy atom. The second-order valence-corrected chi connectivity index (χ2v) is 6.81. The molecule has 0 atom stereocenters. The first-order valence-corrected chi connectivity index (χ1v) is 8.01. The molecule has 6 nitrogen and oxygen atoms in total. The number of rotatable bonds is 4. The molecule has 2 aromatic rings. The first-order chi connectivity index (χ1) is 9.53. The Morgan fingerprint density at radius 2 is 2.30 bits per heavy atom. The number of aliphatic hydroxyl groups excluding tert-OH is 1. The summed E-state index contributed by atoms with van der Waals surface area (Å²) < 4.78 is 26.6. The third-order valence-electron chi connectivity index (χ3n) is 2.46. The smallest absolute Gasteiger partial charge is 0.244 e. The molecule has 0 unspecified atom stereocenters. The zero-order valence-electron chi connectivity index (χ0n) is 10.7. The summed E-state index contributed by atoms with van der Waals surface area (Å²) in [6, 6.07) is 3.59. The van der Waals surface area contributed by atoms with E-state index in [0.29, 0.717) is 5.69 Å². The first kappa shape index (κ1) is 14.7. The van der Waals surface area contributed by atoms with Gasteiger partial charge >= 0.3 is 0 Å². The number of aromatic amines is 1. The van der Waals surface area contributed by atoms with E-state index in [-0.39, 0.29) is 18.0 Å². The third-order valence-corrected chi connectivity index (χ3v) is 4.98. The molecule has 0 spiro atoms. The second-order valence-electron chi connectivity index (χ2n) is 3.91. The molecule has 8 heteroatoms. The van der Waals surface area contributed by atoms with Crippen LogP contribution in [0.4, 0.5) is 0 Å². The van der Waals surface area contributed by atoms with Crippen molar-refractivity contribution in [2.75, 3.05) is 6.61 Å². The van der Waals surface area contributed by atoms with Crippen molar-refractivity contribution < 1.29 is 13.5 Å². The van der Waals surface area contributed by atoms with Gasteiger partial charge < -0.3 is 5.11 Å². The van der Waals surface area contributed by atoms with Gasteiger partial charge in [-0.2, -0.15) is 5.10 Å². The minimum atomic E-state index is -3.57. The highest BCUT2D eigenvalue weighted by Crippen LogP contribution is 2.17. The van der Waals surface area contributed by atoms with Crippen molar-refractivity contribution in [2.45, 2.75) is 18.4 Å². The van der Waals surface area contributed by atoms with E-state index in [1.807, 2.05) is 0 Å². The molecule has 0 aliphatic rings. The molecular weight excluding hydrogens is 298 g/mol. The van der Waals surface area contributed by atoms with Crippen LogP contribution in [-0.4, -0.2) is 30.3 Å². The highest BCUT2D eigenvalue weighted by Gasteiger charge is 2.18. The Hall–Kier alpha value is -1.66. The van der Waals surface area contributed by atoms with Crippen LogP contribution in [0.15, 0.2) is 23.2 Å². The fourth-order valence-electron chi connectivity index (χ4n) is 1.52. The predicted octanol–water partition coefficient (Wildman–Crippen LogP) is 0.602. The minimum Gasteiger partial charge on any atom is -0.384 e.